The van der Waals surface area contributed by atoms with Gasteiger partial charge in [0.2, 0.25) is 0 Å². The molecule has 1 unspecified atom stereocenters. The van der Waals surface area contributed by atoms with Gasteiger partial charge in [0, 0.05) is 16.2 Å². The summed E-state index contributed by atoms with van der Waals surface area (Å²) in [6.45, 7) is 4.05. The van der Waals surface area contributed by atoms with Crippen molar-refractivity contribution in [2.24, 2.45) is 0 Å². The van der Waals surface area contributed by atoms with Crippen LogP contribution in [0.4, 0.5) is 0 Å². The van der Waals surface area contributed by atoms with Crippen LogP contribution in [-0.4, -0.2) is 10.8 Å². The summed E-state index contributed by atoms with van der Waals surface area (Å²) >= 11 is 3.55. The van der Waals surface area contributed by atoms with E-state index in [1.54, 1.807) is 6.20 Å². The van der Waals surface area contributed by atoms with Crippen LogP contribution in [0.15, 0.2) is 34.9 Å². The average molecular weight is 330 g/mol. The predicted octanol–water partition coefficient (Wildman–Crippen LogP) is 4.37. The van der Waals surface area contributed by atoms with Gasteiger partial charge in [-0.2, -0.15) is 0 Å². The smallest absolute Gasteiger partial charge is 0.171 e. The fourth-order valence-electron chi connectivity index (χ4n) is 2.96. The van der Waals surface area contributed by atoms with Gasteiger partial charge in [0.25, 0.3) is 0 Å². The number of Topliss-reactive ketones (excluding diaryl/α,β-unsaturated/α-hetero) is 1. The molecule has 0 spiro atoms. The molecule has 0 aliphatic heterocycles. The lowest BCUT2D eigenvalue weighted by Crippen LogP contribution is -2.12. The number of benzene rings is 1. The van der Waals surface area contributed by atoms with E-state index in [9.17, 15) is 4.79 Å². The van der Waals surface area contributed by atoms with Gasteiger partial charge in [-0.3, -0.25) is 9.78 Å². The number of pyridine rings is 1. The lowest BCUT2D eigenvalue weighted by Gasteiger charge is -2.12. The molecular formula is C17H16BrNO. The minimum atomic E-state index is -0.0776. The highest BCUT2D eigenvalue weighted by molar-refractivity contribution is 9.10. The molecule has 1 aromatic heterocycles. The summed E-state index contributed by atoms with van der Waals surface area (Å²) in [5, 5.41) is 0. The lowest BCUT2D eigenvalue weighted by molar-refractivity contribution is 0.0958. The molecule has 1 aliphatic rings. The number of carbonyl (C=O) groups is 1. The SMILES string of the molecule is Cc1cc(C(=O)C2CCc3cccnc32)cc(C)c1Br. The Morgan fingerprint density at radius 3 is 2.70 bits per heavy atom. The first-order valence-corrected chi connectivity index (χ1v) is 7.62. The van der Waals surface area contributed by atoms with E-state index in [0.717, 1.165) is 39.7 Å². The van der Waals surface area contributed by atoms with Gasteiger partial charge >= 0.3 is 0 Å². The van der Waals surface area contributed by atoms with Crippen LogP contribution in [-0.2, 0) is 6.42 Å². The molecule has 0 saturated heterocycles. The Hall–Kier alpha value is -1.48. The molecule has 0 radical (unpaired) electrons. The zero-order valence-electron chi connectivity index (χ0n) is 11.6. The second-order valence-corrected chi connectivity index (χ2v) is 6.22. The van der Waals surface area contributed by atoms with Gasteiger partial charge in [0.05, 0.1) is 11.6 Å². The van der Waals surface area contributed by atoms with Crippen molar-refractivity contribution in [2.45, 2.75) is 32.6 Å². The number of carbonyl (C=O) groups excluding carboxylic acids is 1. The first-order valence-electron chi connectivity index (χ1n) is 6.82. The second kappa shape index (κ2) is 5.13. The Morgan fingerprint density at radius 1 is 1.30 bits per heavy atom. The van der Waals surface area contributed by atoms with Crippen LogP contribution in [0.3, 0.4) is 0 Å². The first-order chi connectivity index (χ1) is 9.58. The van der Waals surface area contributed by atoms with Gasteiger partial charge < -0.3 is 0 Å². The fourth-order valence-corrected chi connectivity index (χ4v) is 3.19. The Morgan fingerprint density at radius 2 is 2.00 bits per heavy atom. The number of aryl methyl sites for hydroxylation is 3. The van der Waals surface area contributed by atoms with Crippen molar-refractivity contribution in [3.8, 4) is 0 Å². The average Bonchev–Trinajstić information content (AvgIpc) is 2.87. The van der Waals surface area contributed by atoms with Gasteiger partial charge in [-0.1, -0.05) is 22.0 Å². The van der Waals surface area contributed by atoms with Crippen molar-refractivity contribution in [1.29, 1.82) is 0 Å². The summed E-state index contributed by atoms with van der Waals surface area (Å²) in [4.78, 5) is 17.2. The normalized spacial score (nSPS) is 17.1. The van der Waals surface area contributed by atoms with E-state index < -0.39 is 0 Å². The number of hydrogen-bond donors (Lipinski definition) is 0. The predicted molar refractivity (Wildman–Crippen MR) is 83.2 cm³/mol. The Labute approximate surface area is 127 Å². The number of nitrogens with zero attached hydrogens (tertiary/aromatic N) is 1. The molecule has 1 aliphatic carbocycles. The third-order valence-corrected chi connectivity index (χ3v) is 5.25. The minimum absolute atomic E-state index is 0.0776. The largest absolute Gasteiger partial charge is 0.293 e. The van der Waals surface area contributed by atoms with Crippen LogP contribution >= 0.6 is 15.9 Å². The van der Waals surface area contributed by atoms with E-state index >= 15 is 0 Å². The summed E-state index contributed by atoms with van der Waals surface area (Å²) in [6.07, 6.45) is 3.61. The van der Waals surface area contributed by atoms with Gasteiger partial charge in [0.15, 0.2) is 5.78 Å². The summed E-state index contributed by atoms with van der Waals surface area (Å²) in [5.41, 5.74) is 5.19. The van der Waals surface area contributed by atoms with E-state index in [1.165, 1.54) is 5.56 Å². The molecule has 0 bridgehead atoms. The lowest BCUT2D eigenvalue weighted by atomic mass is 9.93. The summed E-state index contributed by atoms with van der Waals surface area (Å²) in [5.74, 6) is 0.118. The summed E-state index contributed by atoms with van der Waals surface area (Å²) in [7, 11) is 0. The molecule has 1 aromatic carbocycles. The number of rotatable bonds is 2. The number of fused-ring (bicyclic) bond motifs is 1. The highest BCUT2D eigenvalue weighted by Crippen LogP contribution is 2.34. The molecule has 20 heavy (non-hydrogen) atoms. The highest BCUT2D eigenvalue weighted by Gasteiger charge is 2.30. The monoisotopic (exact) mass is 329 g/mol. The molecule has 0 fully saturated rings. The Kier molecular flexibility index (Phi) is 3.47. The maximum Gasteiger partial charge on any atom is 0.171 e. The van der Waals surface area contributed by atoms with Gasteiger partial charge in [0.1, 0.15) is 0 Å². The summed E-state index contributed by atoms with van der Waals surface area (Å²) < 4.78 is 1.08. The molecule has 0 amide bonds. The number of aromatic nitrogens is 1. The van der Waals surface area contributed by atoms with E-state index in [0.29, 0.717) is 0 Å². The maximum absolute atomic E-state index is 12.8. The summed E-state index contributed by atoms with van der Waals surface area (Å²) in [6, 6.07) is 7.97. The number of ketones is 1. The molecule has 0 N–H and O–H groups in total. The minimum Gasteiger partial charge on any atom is -0.293 e. The van der Waals surface area contributed by atoms with Crippen molar-refractivity contribution >= 4 is 21.7 Å². The van der Waals surface area contributed by atoms with Crippen molar-refractivity contribution in [3.05, 3.63) is 62.9 Å². The topological polar surface area (TPSA) is 30.0 Å². The zero-order valence-corrected chi connectivity index (χ0v) is 13.2. The molecule has 102 valence electrons. The van der Waals surface area contributed by atoms with Gasteiger partial charge in [-0.05, 0) is 61.6 Å². The highest BCUT2D eigenvalue weighted by atomic mass is 79.9. The molecule has 1 atom stereocenters. The zero-order chi connectivity index (χ0) is 14.3. The van der Waals surface area contributed by atoms with E-state index in [4.69, 9.17) is 0 Å². The molecular weight excluding hydrogens is 314 g/mol. The van der Waals surface area contributed by atoms with Crippen LogP contribution in [0.25, 0.3) is 0 Å². The van der Waals surface area contributed by atoms with Crippen molar-refractivity contribution in [2.75, 3.05) is 0 Å². The molecule has 3 rings (SSSR count). The van der Waals surface area contributed by atoms with E-state index in [2.05, 4.69) is 27.0 Å². The number of halogens is 1. The fraction of sp³-hybridized carbons (Fsp3) is 0.294. The second-order valence-electron chi connectivity index (χ2n) is 5.43. The quantitative estimate of drug-likeness (QED) is 0.765. The first kappa shape index (κ1) is 13.5. The van der Waals surface area contributed by atoms with Crippen LogP contribution in [0, 0.1) is 13.8 Å². The molecule has 2 aromatic rings. The maximum atomic E-state index is 12.8. The molecule has 3 heteroatoms. The standard InChI is InChI=1S/C17H16BrNO/c1-10-8-13(9-11(2)15(10)18)17(20)14-6-5-12-4-3-7-19-16(12)14/h3-4,7-9,14H,5-6H2,1-2H3. The van der Waals surface area contributed by atoms with Gasteiger partial charge in [-0.15, -0.1) is 0 Å². The van der Waals surface area contributed by atoms with Crippen molar-refractivity contribution in [3.63, 3.8) is 0 Å². The Bertz CT molecular complexity index is 670. The van der Waals surface area contributed by atoms with Crippen LogP contribution < -0.4 is 0 Å². The van der Waals surface area contributed by atoms with Gasteiger partial charge in [-0.25, -0.2) is 0 Å². The van der Waals surface area contributed by atoms with Crippen LogP contribution in [0.1, 0.15) is 45.1 Å². The van der Waals surface area contributed by atoms with E-state index in [1.807, 2.05) is 32.0 Å². The molecule has 2 nitrogen and oxygen atoms in total. The molecule has 0 saturated carbocycles. The van der Waals surface area contributed by atoms with Crippen molar-refractivity contribution in [1.82, 2.24) is 4.98 Å². The van der Waals surface area contributed by atoms with Crippen LogP contribution in [0.2, 0.25) is 0 Å². The third-order valence-electron chi connectivity index (χ3n) is 4.00. The number of hydrogen-bond acceptors (Lipinski definition) is 2. The van der Waals surface area contributed by atoms with Crippen molar-refractivity contribution < 1.29 is 4.79 Å². The Balaban J connectivity index is 1.99. The van der Waals surface area contributed by atoms with E-state index in [-0.39, 0.29) is 11.7 Å². The third kappa shape index (κ3) is 2.20. The van der Waals surface area contributed by atoms with Crippen LogP contribution in [0.5, 0.6) is 0 Å². The molecule has 1 heterocycles.